The van der Waals surface area contributed by atoms with E-state index in [9.17, 15) is 8.42 Å². The van der Waals surface area contributed by atoms with Crippen LogP contribution in [0.25, 0.3) is 11.3 Å². The highest BCUT2D eigenvalue weighted by molar-refractivity contribution is 7.89. The minimum atomic E-state index is -3.69. The van der Waals surface area contributed by atoms with Crippen LogP contribution >= 0.6 is 0 Å². The second kappa shape index (κ2) is 7.51. The molecule has 1 aliphatic heterocycles. The molecule has 0 amide bonds. The van der Waals surface area contributed by atoms with Crippen LogP contribution in [-0.2, 0) is 14.8 Å². The quantitative estimate of drug-likeness (QED) is 0.854. The topological polar surface area (TPSA) is 94.3 Å². The van der Waals surface area contributed by atoms with E-state index in [4.69, 9.17) is 9.88 Å². The number of hydrogen-bond donors (Lipinski definition) is 2. The Hall–Kier alpha value is -1.96. The SMILES string of the molecule is Cc1cc(NCC2CCCCO2)nc(-c2ccc(S(N)(=O)=O)cc2)c1. The van der Waals surface area contributed by atoms with E-state index in [0.29, 0.717) is 0 Å². The molecule has 7 heteroatoms. The zero-order chi connectivity index (χ0) is 17.9. The van der Waals surface area contributed by atoms with Crippen LogP contribution in [0.2, 0.25) is 0 Å². The molecule has 3 N–H and O–H groups in total. The van der Waals surface area contributed by atoms with Gasteiger partial charge in [0.1, 0.15) is 5.82 Å². The molecule has 3 rings (SSSR count). The number of nitrogens with two attached hydrogens (primary N) is 1. The summed E-state index contributed by atoms with van der Waals surface area (Å²) in [5, 5.41) is 8.49. The summed E-state index contributed by atoms with van der Waals surface area (Å²) in [7, 11) is -3.69. The van der Waals surface area contributed by atoms with Crippen molar-refractivity contribution in [1.29, 1.82) is 0 Å². The van der Waals surface area contributed by atoms with Gasteiger partial charge in [-0.05, 0) is 56.0 Å². The molecule has 1 unspecified atom stereocenters. The monoisotopic (exact) mass is 361 g/mol. The summed E-state index contributed by atoms with van der Waals surface area (Å²) in [5.74, 6) is 0.791. The first-order valence-corrected chi connectivity index (χ1v) is 9.94. The second-order valence-electron chi connectivity index (χ2n) is 6.35. The van der Waals surface area contributed by atoms with E-state index in [-0.39, 0.29) is 11.0 Å². The molecule has 6 nitrogen and oxygen atoms in total. The van der Waals surface area contributed by atoms with Gasteiger partial charge in [-0.2, -0.15) is 0 Å². The van der Waals surface area contributed by atoms with Crippen molar-refractivity contribution in [2.24, 2.45) is 5.14 Å². The Labute approximate surface area is 148 Å². The molecule has 1 aromatic carbocycles. The van der Waals surface area contributed by atoms with E-state index in [1.54, 1.807) is 12.1 Å². The molecule has 0 spiro atoms. The van der Waals surface area contributed by atoms with Crippen molar-refractivity contribution in [3.63, 3.8) is 0 Å². The summed E-state index contributed by atoms with van der Waals surface area (Å²) in [4.78, 5) is 4.73. The first-order chi connectivity index (χ1) is 11.9. The molecule has 1 saturated heterocycles. The summed E-state index contributed by atoms with van der Waals surface area (Å²) in [6, 6.07) is 10.4. The molecule has 0 saturated carbocycles. The van der Waals surface area contributed by atoms with Crippen molar-refractivity contribution in [3.8, 4) is 11.3 Å². The lowest BCUT2D eigenvalue weighted by molar-refractivity contribution is 0.0247. The van der Waals surface area contributed by atoms with Gasteiger partial charge in [0.2, 0.25) is 10.0 Å². The van der Waals surface area contributed by atoms with E-state index in [1.165, 1.54) is 18.6 Å². The van der Waals surface area contributed by atoms with Crippen molar-refractivity contribution in [1.82, 2.24) is 4.98 Å². The van der Waals surface area contributed by atoms with Gasteiger partial charge in [-0.25, -0.2) is 18.5 Å². The highest BCUT2D eigenvalue weighted by Crippen LogP contribution is 2.23. The Kier molecular flexibility index (Phi) is 5.36. The van der Waals surface area contributed by atoms with Crippen LogP contribution in [0.3, 0.4) is 0 Å². The maximum atomic E-state index is 11.4. The molecular formula is C18H23N3O3S. The van der Waals surface area contributed by atoms with Crippen molar-refractivity contribution in [2.75, 3.05) is 18.5 Å². The average molecular weight is 361 g/mol. The van der Waals surface area contributed by atoms with Crippen molar-refractivity contribution in [2.45, 2.75) is 37.2 Å². The van der Waals surface area contributed by atoms with Gasteiger partial charge >= 0.3 is 0 Å². The van der Waals surface area contributed by atoms with E-state index in [2.05, 4.69) is 10.3 Å². The Morgan fingerprint density at radius 2 is 2.00 bits per heavy atom. The first kappa shape index (κ1) is 17.8. The van der Waals surface area contributed by atoms with E-state index >= 15 is 0 Å². The van der Waals surface area contributed by atoms with Crippen molar-refractivity contribution in [3.05, 3.63) is 42.0 Å². The lowest BCUT2D eigenvalue weighted by Gasteiger charge is -2.23. The molecule has 1 aromatic heterocycles. The minimum absolute atomic E-state index is 0.0942. The van der Waals surface area contributed by atoms with Gasteiger partial charge in [-0.3, -0.25) is 0 Å². The fourth-order valence-electron chi connectivity index (χ4n) is 2.91. The molecule has 1 atom stereocenters. The van der Waals surface area contributed by atoms with E-state index in [1.807, 2.05) is 19.1 Å². The van der Waals surface area contributed by atoms with Gasteiger partial charge in [-0.1, -0.05) is 12.1 Å². The number of rotatable bonds is 5. The predicted molar refractivity (Wildman–Crippen MR) is 97.9 cm³/mol. The van der Waals surface area contributed by atoms with Gasteiger partial charge in [0.05, 0.1) is 16.7 Å². The summed E-state index contributed by atoms with van der Waals surface area (Å²) in [6.07, 6.45) is 3.64. The van der Waals surface area contributed by atoms with Gasteiger partial charge < -0.3 is 10.1 Å². The van der Waals surface area contributed by atoms with Crippen LogP contribution in [0, 0.1) is 6.92 Å². The van der Waals surface area contributed by atoms with Crippen LogP contribution in [-0.4, -0.2) is 32.7 Å². The Bertz CT molecular complexity index is 829. The molecule has 134 valence electrons. The third kappa shape index (κ3) is 4.78. The summed E-state index contributed by atoms with van der Waals surface area (Å²) < 4.78 is 28.5. The van der Waals surface area contributed by atoms with Gasteiger partial charge in [0, 0.05) is 18.7 Å². The lowest BCUT2D eigenvalue weighted by atomic mass is 10.1. The lowest BCUT2D eigenvalue weighted by Crippen LogP contribution is -2.27. The maximum absolute atomic E-state index is 11.4. The normalized spacial score (nSPS) is 18.1. The van der Waals surface area contributed by atoms with Crippen LogP contribution in [0.5, 0.6) is 0 Å². The van der Waals surface area contributed by atoms with E-state index in [0.717, 1.165) is 48.6 Å². The number of sulfonamides is 1. The molecular weight excluding hydrogens is 338 g/mol. The maximum Gasteiger partial charge on any atom is 0.238 e. The number of aromatic nitrogens is 1. The Balaban J connectivity index is 1.76. The number of benzene rings is 1. The average Bonchev–Trinajstić information content (AvgIpc) is 2.60. The third-order valence-corrected chi connectivity index (χ3v) is 5.16. The largest absolute Gasteiger partial charge is 0.376 e. The number of nitrogens with zero attached hydrogens (tertiary/aromatic N) is 1. The van der Waals surface area contributed by atoms with Crippen molar-refractivity contribution >= 4 is 15.8 Å². The summed E-state index contributed by atoms with van der Waals surface area (Å²) in [5.41, 5.74) is 2.70. The zero-order valence-electron chi connectivity index (χ0n) is 14.2. The number of pyridine rings is 1. The van der Waals surface area contributed by atoms with E-state index < -0.39 is 10.0 Å². The van der Waals surface area contributed by atoms with Crippen LogP contribution in [0.1, 0.15) is 24.8 Å². The highest BCUT2D eigenvalue weighted by Gasteiger charge is 2.14. The summed E-state index contributed by atoms with van der Waals surface area (Å²) in [6.45, 7) is 3.57. The van der Waals surface area contributed by atoms with Crippen LogP contribution in [0.15, 0.2) is 41.3 Å². The second-order valence-corrected chi connectivity index (χ2v) is 7.92. The molecule has 0 aliphatic carbocycles. The number of nitrogens with one attached hydrogen (secondary N) is 1. The zero-order valence-corrected chi connectivity index (χ0v) is 15.1. The van der Waals surface area contributed by atoms with Crippen molar-refractivity contribution < 1.29 is 13.2 Å². The van der Waals surface area contributed by atoms with Gasteiger partial charge in [-0.15, -0.1) is 0 Å². The first-order valence-electron chi connectivity index (χ1n) is 8.39. The fourth-order valence-corrected chi connectivity index (χ4v) is 3.42. The predicted octanol–water partition coefficient (Wildman–Crippen LogP) is 2.69. The molecule has 2 heterocycles. The molecule has 0 bridgehead atoms. The van der Waals surface area contributed by atoms with Gasteiger partial charge in [0.25, 0.3) is 0 Å². The number of ether oxygens (including phenoxy) is 1. The summed E-state index contributed by atoms with van der Waals surface area (Å²) >= 11 is 0. The number of anilines is 1. The molecule has 2 aromatic rings. The molecule has 25 heavy (non-hydrogen) atoms. The fraction of sp³-hybridized carbons (Fsp3) is 0.389. The Morgan fingerprint density at radius 1 is 1.24 bits per heavy atom. The minimum Gasteiger partial charge on any atom is -0.376 e. The third-order valence-electron chi connectivity index (χ3n) is 4.23. The van der Waals surface area contributed by atoms with Gasteiger partial charge in [0.15, 0.2) is 0 Å². The van der Waals surface area contributed by atoms with Crippen LogP contribution < -0.4 is 10.5 Å². The number of primary sulfonamides is 1. The molecule has 1 aliphatic rings. The number of aryl methyl sites for hydroxylation is 1. The smallest absolute Gasteiger partial charge is 0.238 e. The van der Waals surface area contributed by atoms with Crippen LogP contribution in [0.4, 0.5) is 5.82 Å². The Morgan fingerprint density at radius 3 is 2.64 bits per heavy atom. The number of hydrogen-bond acceptors (Lipinski definition) is 5. The standard InChI is InChI=1S/C18H23N3O3S/c1-13-10-17(14-5-7-16(8-6-14)25(19,22)23)21-18(11-13)20-12-15-4-2-3-9-24-15/h5-8,10-11,15H,2-4,9,12H2,1H3,(H,20,21)(H2,19,22,23). The highest BCUT2D eigenvalue weighted by atomic mass is 32.2. The molecule has 1 fully saturated rings. The molecule has 0 radical (unpaired) electrons.